The van der Waals surface area contributed by atoms with Crippen molar-refractivity contribution in [1.29, 1.82) is 0 Å². The van der Waals surface area contributed by atoms with Crippen LogP contribution in [0.1, 0.15) is 12.8 Å². The number of carbonyl (C=O) groups is 3. The quantitative estimate of drug-likeness (QED) is 0.651. The first-order valence-electron chi connectivity index (χ1n) is 5.88. The number of carboxylic acid groups (broad SMARTS) is 1. The third-order valence-electron chi connectivity index (χ3n) is 2.80. The number of rotatable bonds is 5. The predicted molar refractivity (Wildman–Crippen MR) is 63.6 cm³/mol. The Morgan fingerprint density at radius 1 is 1.42 bits per heavy atom. The highest BCUT2D eigenvalue weighted by Crippen LogP contribution is 2.19. The number of hydrogen-bond donors (Lipinski definition) is 2. The predicted octanol–water partition coefficient (Wildman–Crippen LogP) is -0.567. The van der Waals surface area contributed by atoms with Gasteiger partial charge in [0, 0.05) is 13.6 Å². The summed E-state index contributed by atoms with van der Waals surface area (Å²) in [7, 11) is 2.70. The van der Waals surface area contributed by atoms with Crippen molar-refractivity contribution in [2.24, 2.45) is 0 Å². The van der Waals surface area contributed by atoms with Gasteiger partial charge in [-0.1, -0.05) is 0 Å². The number of ether oxygens (including phenoxy) is 2. The summed E-state index contributed by atoms with van der Waals surface area (Å²) in [5.74, 6) is -1.50. The van der Waals surface area contributed by atoms with E-state index in [0.29, 0.717) is 12.8 Å². The molecule has 108 valence electrons. The molecular formula is C11H18N2O6. The summed E-state index contributed by atoms with van der Waals surface area (Å²) < 4.78 is 9.67. The minimum atomic E-state index is -0.989. The second-order valence-corrected chi connectivity index (χ2v) is 4.28. The average molecular weight is 274 g/mol. The molecule has 1 aliphatic rings. The van der Waals surface area contributed by atoms with Crippen LogP contribution in [-0.2, 0) is 19.1 Å². The summed E-state index contributed by atoms with van der Waals surface area (Å²) in [6.45, 7) is 0.0692. The molecule has 1 rings (SSSR count). The molecule has 0 aliphatic carbocycles. The van der Waals surface area contributed by atoms with Crippen LogP contribution in [0.15, 0.2) is 0 Å². The van der Waals surface area contributed by atoms with Crippen LogP contribution < -0.4 is 5.32 Å². The van der Waals surface area contributed by atoms with Gasteiger partial charge in [-0.3, -0.25) is 4.79 Å². The maximum atomic E-state index is 11.6. The van der Waals surface area contributed by atoms with Crippen LogP contribution in [0.5, 0.6) is 0 Å². The van der Waals surface area contributed by atoms with Crippen LogP contribution in [0.3, 0.4) is 0 Å². The van der Waals surface area contributed by atoms with Crippen molar-refractivity contribution in [3.8, 4) is 0 Å². The standard InChI is InChI=1S/C11H18N2O6/c1-13(6-9(14)18-2)11(17)12-5-7-3-4-8(19-7)10(15)16/h7-8H,3-6H2,1-2H3,(H,12,17)(H,15,16). The van der Waals surface area contributed by atoms with Crippen molar-refractivity contribution in [1.82, 2.24) is 10.2 Å². The molecule has 8 heteroatoms. The van der Waals surface area contributed by atoms with Crippen molar-refractivity contribution in [3.05, 3.63) is 0 Å². The normalized spacial score (nSPS) is 21.8. The fraction of sp³-hybridized carbons (Fsp3) is 0.727. The number of esters is 1. The van der Waals surface area contributed by atoms with Gasteiger partial charge < -0.3 is 24.8 Å². The maximum Gasteiger partial charge on any atom is 0.332 e. The van der Waals surface area contributed by atoms with Gasteiger partial charge in [-0.25, -0.2) is 9.59 Å². The largest absolute Gasteiger partial charge is 0.479 e. The van der Waals surface area contributed by atoms with Gasteiger partial charge in [0.15, 0.2) is 6.10 Å². The summed E-state index contributed by atoms with van der Waals surface area (Å²) in [6, 6.07) is -0.437. The lowest BCUT2D eigenvalue weighted by Crippen LogP contribution is -2.43. The van der Waals surface area contributed by atoms with E-state index in [1.165, 1.54) is 19.1 Å². The molecule has 0 radical (unpaired) electrons. The fourth-order valence-electron chi connectivity index (χ4n) is 1.70. The van der Waals surface area contributed by atoms with Gasteiger partial charge >= 0.3 is 18.0 Å². The Labute approximate surface area is 110 Å². The van der Waals surface area contributed by atoms with Crippen LogP contribution in [0, 0.1) is 0 Å². The maximum absolute atomic E-state index is 11.6. The minimum absolute atomic E-state index is 0.147. The van der Waals surface area contributed by atoms with E-state index in [-0.39, 0.29) is 19.2 Å². The lowest BCUT2D eigenvalue weighted by molar-refractivity contribution is -0.149. The number of carboxylic acids is 1. The Balaban J connectivity index is 2.27. The molecule has 2 unspecified atom stereocenters. The van der Waals surface area contributed by atoms with Crippen LogP contribution in [0.25, 0.3) is 0 Å². The van der Waals surface area contributed by atoms with Crippen LogP contribution in [-0.4, -0.2) is 67.4 Å². The second kappa shape index (κ2) is 6.93. The van der Waals surface area contributed by atoms with E-state index in [2.05, 4.69) is 10.1 Å². The lowest BCUT2D eigenvalue weighted by atomic mass is 10.2. The topological polar surface area (TPSA) is 105 Å². The number of methoxy groups -OCH3 is 1. The molecule has 0 spiro atoms. The first kappa shape index (κ1) is 15.2. The Bertz CT molecular complexity index is 359. The van der Waals surface area contributed by atoms with E-state index >= 15 is 0 Å². The first-order valence-corrected chi connectivity index (χ1v) is 5.88. The van der Waals surface area contributed by atoms with Crippen LogP contribution in [0.2, 0.25) is 0 Å². The van der Waals surface area contributed by atoms with Crippen molar-refractivity contribution in [3.63, 3.8) is 0 Å². The highest BCUT2D eigenvalue weighted by Gasteiger charge is 2.30. The highest BCUT2D eigenvalue weighted by atomic mass is 16.5. The molecule has 1 aliphatic heterocycles. The molecule has 0 aromatic carbocycles. The van der Waals surface area contributed by atoms with Crippen molar-refractivity contribution >= 4 is 18.0 Å². The van der Waals surface area contributed by atoms with E-state index in [9.17, 15) is 14.4 Å². The van der Waals surface area contributed by atoms with E-state index in [1.54, 1.807) is 0 Å². The van der Waals surface area contributed by atoms with E-state index < -0.39 is 24.1 Å². The summed E-state index contributed by atoms with van der Waals surface area (Å²) in [4.78, 5) is 34.4. The van der Waals surface area contributed by atoms with Gasteiger partial charge in [0.2, 0.25) is 0 Å². The molecule has 2 N–H and O–H groups in total. The van der Waals surface area contributed by atoms with Gasteiger partial charge in [-0.05, 0) is 12.8 Å². The number of amides is 2. The fourth-order valence-corrected chi connectivity index (χ4v) is 1.70. The number of aliphatic carboxylic acids is 1. The number of carbonyl (C=O) groups excluding carboxylic acids is 2. The summed E-state index contributed by atoms with van der Waals surface area (Å²) in [6.07, 6.45) is -0.0856. The summed E-state index contributed by atoms with van der Waals surface area (Å²) in [5.41, 5.74) is 0. The van der Waals surface area contributed by atoms with E-state index in [0.717, 1.165) is 0 Å². The Kier molecular flexibility index (Phi) is 5.56. The van der Waals surface area contributed by atoms with Gasteiger partial charge in [0.1, 0.15) is 6.54 Å². The number of nitrogens with zero attached hydrogens (tertiary/aromatic N) is 1. The smallest absolute Gasteiger partial charge is 0.332 e. The molecule has 0 aromatic heterocycles. The van der Waals surface area contributed by atoms with Gasteiger partial charge in [0.25, 0.3) is 0 Å². The molecule has 0 bridgehead atoms. The zero-order chi connectivity index (χ0) is 14.4. The Hall–Kier alpha value is -1.83. The molecule has 1 fully saturated rings. The zero-order valence-corrected chi connectivity index (χ0v) is 10.9. The van der Waals surface area contributed by atoms with Gasteiger partial charge in [-0.2, -0.15) is 0 Å². The number of hydrogen-bond acceptors (Lipinski definition) is 5. The highest BCUT2D eigenvalue weighted by molar-refractivity contribution is 5.80. The minimum Gasteiger partial charge on any atom is -0.479 e. The molecule has 0 aromatic rings. The number of nitrogens with one attached hydrogen (secondary N) is 1. The molecule has 8 nitrogen and oxygen atoms in total. The average Bonchev–Trinajstić information content (AvgIpc) is 2.84. The first-order chi connectivity index (χ1) is 8.93. The van der Waals surface area contributed by atoms with E-state index in [4.69, 9.17) is 9.84 Å². The zero-order valence-electron chi connectivity index (χ0n) is 10.9. The van der Waals surface area contributed by atoms with E-state index in [1.807, 2.05) is 0 Å². The number of likely N-dealkylation sites (N-methyl/N-ethyl adjacent to an activating group) is 1. The van der Waals surface area contributed by atoms with Crippen molar-refractivity contribution in [2.75, 3.05) is 27.2 Å². The second-order valence-electron chi connectivity index (χ2n) is 4.28. The molecule has 19 heavy (non-hydrogen) atoms. The molecule has 1 saturated heterocycles. The van der Waals surface area contributed by atoms with Gasteiger partial charge in [-0.15, -0.1) is 0 Å². The molecular weight excluding hydrogens is 256 g/mol. The van der Waals surface area contributed by atoms with Crippen LogP contribution >= 0.6 is 0 Å². The SMILES string of the molecule is COC(=O)CN(C)C(=O)NCC1CCC(C(=O)O)O1. The van der Waals surface area contributed by atoms with Crippen molar-refractivity contribution < 1.29 is 29.0 Å². The Morgan fingerprint density at radius 2 is 2.11 bits per heavy atom. The third-order valence-corrected chi connectivity index (χ3v) is 2.80. The number of urea groups is 1. The summed E-state index contributed by atoms with van der Waals surface area (Å²) >= 11 is 0. The lowest BCUT2D eigenvalue weighted by Gasteiger charge is -2.18. The molecule has 1 heterocycles. The van der Waals surface area contributed by atoms with Gasteiger partial charge in [0.05, 0.1) is 13.2 Å². The molecule has 0 saturated carbocycles. The molecule has 2 amide bonds. The monoisotopic (exact) mass is 274 g/mol. The van der Waals surface area contributed by atoms with Crippen LogP contribution in [0.4, 0.5) is 4.79 Å². The van der Waals surface area contributed by atoms with Crippen molar-refractivity contribution in [2.45, 2.75) is 25.0 Å². The Morgan fingerprint density at radius 3 is 2.63 bits per heavy atom. The third kappa shape index (κ3) is 4.74. The summed E-state index contributed by atoms with van der Waals surface area (Å²) in [5, 5.41) is 11.3. The molecule has 2 atom stereocenters.